The van der Waals surface area contributed by atoms with E-state index in [0.717, 1.165) is 15.9 Å². The Morgan fingerprint density at radius 1 is 0.613 bits per heavy atom. The highest BCUT2D eigenvalue weighted by Crippen LogP contribution is 2.43. The van der Waals surface area contributed by atoms with Crippen molar-refractivity contribution in [1.82, 2.24) is 0 Å². The fourth-order valence-electron chi connectivity index (χ4n) is 3.52. The van der Waals surface area contributed by atoms with Crippen molar-refractivity contribution in [3.8, 4) is 0 Å². The van der Waals surface area contributed by atoms with Crippen LogP contribution in [-0.4, -0.2) is 11.6 Å². The lowest BCUT2D eigenvalue weighted by Gasteiger charge is -2.28. The van der Waals surface area contributed by atoms with E-state index in [0.29, 0.717) is 10.6 Å². The Hall–Kier alpha value is -2.86. The lowest BCUT2D eigenvalue weighted by Crippen LogP contribution is -2.28. The quantitative estimate of drug-likeness (QED) is 0.259. The van der Waals surface area contributed by atoms with Gasteiger partial charge in [-0.25, -0.2) is 0 Å². The number of carbonyl (C=O) groups is 1. The van der Waals surface area contributed by atoms with Crippen LogP contribution >= 0.6 is 18.5 Å². The standard InChI is InChI=1S/C26H20ClOP.C2H6/c27-22-18-16-21(17-19-22)26(28)20-29(23-10-4-1-5-11-23,24-12-6-2-7-13-24)25-14-8-3-9-15-25;1-2/h1-20H;1-2H3. The van der Waals surface area contributed by atoms with Crippen LogP contribution in [0, 0.1) is 0 Å². The number of carbonyl (C=O) groups excluding carboxylic acids is 1. The third-order valence-corrected chi connectivity index (χ3v) is 9.14. The summed E-state index contributed by atoms with van der Waals surface area (Å²) >= 11 is 6.02. The first-order chi connectivity index (χ1) is 15.2. The average Bonchev–Trinajstić information content (AvgIpc) is 2.86. The summed E-state index contributed by atoms with van der Waals surface area (Å²) in [7, 11) is 0. The van der Waals surface area contributed by atoms with Gasteiger partial charge in [0.2, 0.25) is 0 Å². The van der Waals surface area contributed by atoms with Gasteiger partial charge in [0, 0.05) is 10.6 Å². The Labute approximate surface area is 190 Å². The van der Waals surface area contributed by atoms with Crippen LogP contribution in [0.4, 0.5) is 0 Å². The van der Waals surface area contributed by atoms with E-state index in [1.54, 1.807) is 24.3 Å². The van der Waals surface area contributed by atoms with Crippen molar-refractivity contribution in [3.63, 3.8) is 0 Å². The summed E-state index contributed by atoms with van der Waals surface area (Å²) in [6.07, 6.45) is 0. The molecule has 4 rings (SSSR count). The Kier molecular flexibility index (Phi) is 8.06. The highest BCUT2D eigenvalue weighted by Gasteiger charge is 2.26. The van der Waals surface area contributed by atoms with Gasteiger partial charge >= 0.3 is 0 Å². The van der Waals surface area contributed by atoms with Crippen LogP contribution in [0.3, 0.4) is 0 Å². The number of hydrogen-bond acceptors (Lipinski definition) is 1. The summed E-state index contributed by atoms with van der Waals surface area (Å²) in [5.41, 5.74) is 0.640. The molecule has 0 aliphatic carbocycles. The first-order valence-electron chi connectivity index (χ1n) is 10.4. The topological polar surface area (TPSA) is 17.1 Å². The Balaban J connectivity index is 0.00000132. The van der Waals surface area contributed by atoms with Gasteiger partial charge in [0.1, 0.15) is 0 Å². The van der Waals surface area contributed by atoms with Gasteiger partial charge in [-0.1, -0.05) is 116 Å². The molecule has 4 aromatic rings. The number of ketones is 1. The molecule has 3 heteroatoms. The van der Waals surface area contributed by atoms with Crippen molar-refractivity contribution in [2.75, 3.05) is 0 Å². The van der Waals surface area contributed by atoms with E-state index in [1.165, 1.54) is 0 Å². The lowest BCUT2D eigenvalue weighted by atomic mass is 10.2. The number of benzene rings is 4. The molecule has 156 valence electrons. The lowest BCUT2D eigenvalue weighted by molar-refractivity contribution is 0.107. The molecule has 31 heavy (non-hydrogen) atoms. The minimum absolute atomic E-state index is 0.00607. The highest BCUT2D eigenvalue weighted by atomic mass is 35.5. The summed E-state index contributed by atoms with van der Waals surface area (Å²) in [6, 6.07) is 38.1. The van der Waals surface area contributed by atoms with Crippen molar-refractivity contribution in [2.24, 2.45) is 0 Å². The second-order valence-electron chi connectivity index (χ2n) is 6.73. The van der Waals surface area contributed by atoms with Crippen LogP contribution in [0.5, 0.6) is 0 Å². The van der Waals surface area contributed by atoms with Gasteiger partial charge in [0.05, 0.1) is 0 Å². The van der Waals surface area contributed by atoms with Crippen LogP contribution in [0.2, 0.25) is 5.02 Å². The van der Waals surface area contributed by atoms with E-state index in [4.69, 9.17) is 11.6 Å². The fourth-order valence-corrected chi connectivity index (χ4v) is 7.42. The molecule has 0 aromatic heterocycles. The first kappa shape index (κ1) is 22.8. The molecule has 0 saturated carbocycles. The van der Waals surface area contributed by atoms with E-state index >= 15 is 0 Å². The van der Waals surface area contributed by atoms with Crippen LogP contribution < -0.4 is 15.9 Å². The molecule has 0 atom stereocenters. The first-order valence-corrected chi connectivity index (χ1v) is 12.7. The maximum Gasteiger partial charge on any atom is 0.186 e. The molecule has 0 spiro atoms. The zero-order chi connectivity index (χ0) is 22.1. The molecule has 0 amide bonds. The van der Waals surface area contributed by atoms with Crippen molar-refractivity contribution in [1.29, 1.82) is 0 Å². The zero-order valence-corrected chi connectivity index (χ0v) is 19.4. The minimum Gasteiger partial charge on any atom is -0.289 e. The molecule has 0 saturated heterocycles. The van der Waals surface area contributed by atoms with Crippen LogP contribution in [0.1, 0.15) is 24.2 Å². The van der Waals surface area contributed by atoms with Gasteiger partial charge < -0.3 is 0 Å². The SMILES string of the molecule is CC.O=C(C=P(c1ccccc1)(c1ccccc1)c1ccccc1)c1ccc(Cl)cc1. The number of Topliss-reactive ketones (excluding diaryl/α,β-unsaturated/α-hetero) is 1. The molecule has 0 unspecified atom stereocenters. The highest BCUT2D eigenvalue weighted by molar-refractivity contribution is 7.95. The number of halogens is 1. The largest absolute Gasteiger partial charge is 0.289 e. The Bertz CT molecular complexity index is 1050. The van der Waals surface area contributed by atoms with E-state index in [2.05, 4.69) is 36.4 Å². The second-order valence-corrected chi connectivity index (χ2v) is 10.4. The molecular weight excluding hydrogens is 419 g/mol. The zero-order valence-electron chi connectivity index (χ0n) is 17.8. The van der Waals surface area contributed by atoms with Gasteiger partial charge in [-0.05, 0) is 52.9 Å². The normalized spacial score (nSPS) is 10.5. The van der Waals surface area contributed by atoms with E-state index in [9.17, 15) is 4.79 Å². The second kappa shape index (κ2) is 11.0. The fraction of sp³-hybridized carbons (Fsp3) is 0.0714. The maximum absolute atomic E-state index is 13.4. The van der Waals surface area contributed by atoms with Crippen molar-refractivity contribution in [3.05, 3.63) is 126 Å². The van der Waals surface area contributed by atoms with Crippen molar-refractivity contribution < 1.29 is 4.79 Å². The van der Waals surface area contributed by atoms with Crippen molar-refractivity contribution in [2.45, 2.75) is 13.8 Å². The average molecular weight is 445 g/mol. The molecule has 0 N–H and O–H groups in total. The van der Waals surface area contributed by atoms with Gasteiger partial charge in [-0.2, -0.15) is 0 Å². The summed E-state index contributed by atoms with van der Waals surface area (Å²) in [5, 5.41) is 4.08. The van der Waals surface area contributed by atoms with Gasteiger partial charge in [-0.15, -0.1) is 0 Å². The maximum atomic E-state index is 13.4. The number of hydrogen-bond donors (Lipinski definition) is 0. The molecule has 0 heterocycles. The van der Waals surface area contributed by atoms with Crippen LogP contribution in [-0.2, 0) is 0 Å². The molecule has 1 nitrogen and oxygen atoms in total. The van der Waals surface area contributed by atoms with Crippen LogP contribution in [0.15, 0.2) is 115 Å². The predicted octanol–water partition coefficient (Wildman–Crippen LogP) is 6.35. The summed E-state index contributed by atoms with van der Waals surface area (Å²) < 4.78 is 0. The molecule has 0 bridgehead atoms. The molecule has 0 fully saturated rings. The third kappa shape index (κ3) is 5.07. The third-order valence-electron chi connectivity index (χ3n) is 4.93. The van der Waals surface area contributed by atoms with Gasteiger partial charge in [0.25, 0.3) is 0 Å². The Morgan fingerprint density at radius 2 is 0.968 bits per heavy atom. The van der Waals surface area contributed by atoms with Gasteiger partial charge in [0.15, 0.2) is 5.78 Å². The summed E-state index contributed by atoms with van der Waals surface area (Å²) in [5.74, 6) is 1.95. The minimum atomic E-state index is -2.29. The van der Waals surface area contributed by atoms with E-state index in [-0.39, 0.29) is 5.78 Å². The predicted molar refractivity (Wildman–Crippen MR) is 138 cm³/mol. The molecular formula is C28H26ClOP. The van der Waals surface area contributed by atoms with Crippen molar-refractivity contribution >= 4 is 46.0 Å². The molecule has 0 aliphatic heterocycles. The number of rotatable bonds is 5. The van der Waals surface area contributed by atoms with Gasteiger partial charge in [-0.3, -0.25) is 4.79 Å². The molecule has 0 radical (unpaired) electrons. The molecule has 4 aromatic carbocycles. The van der Waals surface area contributed by atoms with E-state index in [1.807, 2.05) is 74.2 Å². The monoisotopic (exact) mass is 444 g/mol. The summed E-state index contributed by atoms with van der Waals surface area (Å²) in [4.78, 5) is 13.4. The van der Waals surface area contributed by atoms with E-state index < -0.39 is 6.89 Å². The smallest absolute Gasteiger partial charge is 0.186 e. The molecule has 0 aliphatic rings. The summed E-state index contributed by atoms with van der Waals surface area (Å²) in [6.45, 7) is 1.71. The Morgan fingerprint density at radius 3 is 1.32 bits per heavy atom. The van der Waals surface area contributed by atoms with Crippen LogP contribution in [0.25, 0.3) is 0 Å².